The molecule has 188 valence electrons. The van der Waals surface area contributed by atoms with Crippen LogP contribution < -0.4 is 15.4 Å². The van der Waals surface area contributed by atoms with Gasteiger partial charge in [-0.25, -0.2) is 0 Å². The third-order valence-electron chi connectivity index (χ3n) is 6.80. The van der Waals surface area contributed by atoms with Crippen molar-refractivity contribution in [2.24, 2.45) is 5.92 Å². The third kappa shape index (κ3) is 6.74. The van der Waals surface area contributed by atoms with Gasteiger partial charge >= 0.3 is 0 Å². The lowest BCUT2D eigenvalue weighted by atomic mass is 9.92. The Hall–Kier alpha value is -2.16. The predicted octanol–water partition coefficient (Wildman–Crippen LogP) is 4.79. The Kier molecular flexibility index (Phi) is 9.03. The first kappa shape index (κ1) is 25.9. The summed E-state index contributed by atoms with van der Waals surface area (Å²) < 4.78 is 5.30. The Morgan fingerprint density at radius 3 is 2.83 bits per heavy atom. The van der Waals surface area contributed by atoms with E-state index in [-0.39, 0.29) is 29.9 Å². The molecule has 0 saturated carbocycles. The molecular weight excluding hydrogens is 480 g/mol. The lowest BCUT2D eigenvalue weighted by Gasteiger charge is -2.36. The normalized spacial score (nSPS) is 26.9. The van der Waals surface area contributed by atoms with Gasteiger partial charge < -0.3 is 15.2 Å². The number of piperidine rings is 1. The maximum atomic E-state index is 12.5. The molecule has 2 bridgehead atoms. The maximum absolute atomic E-state index is 12.5. The number of dihydropyridines is 1. The molecule has 3 atom stereocenters. The summed E-state index contributed by atoms with van der Waals surface area (Å²) >= 11 is 0. The largest absolute Gasteiger partial charge is 0.504 e. The fraction of sp³-hybridized carbons (Fsp3) is 0.481. The van der Waals surface area contributed by atoms with Crippen LogP contribution in [-0.2, 0) is 16.0 Å². The first-order valence-corrected chi connectivity index (χ1v) is 14.7. The van der Waals surface area contributed by atoms with Gasteiger partial charge in [-0.05, 0) is 72.2 Å². The summed E-state index contributed by atoms with van der Waals surface area (Å²) in [6.45, 7) is 3.15. The van der Waals surface area contributed by atoms with Crippen LogP contribution in [-0.4, -0.2) is 47.5 Å². The standard InChI is InChI=1S/C27H34N2O4S2/c1-3-17-4-6-21(30)14-22(31)7-5-19-13-25(33-2)24(32)12-20(19)10-18-11-23-26(35-34-16-17)8-9-28-27(23)29-15-18/h5,7,11-13,15,17,26-29,32H,3-4,6,8-10,14,16H2,1-2H3/b7-5+/t17-,26+,27?/m0/s1. The number of hydrogen-bond donors (Lipinski definition) is 3. The van der Waals surface area contributed by atoms with Gasteiger partial charge in [0.2, 0.25) is 0 Å². The van der Waals surface area contributed by atoms with Crippen LogP contribution in [0.5, 0.6) is 11.5 Å². The summed E-state index contributed by atoms with van der Waals surface area (Å²) in [5.41, 5.74) is 4.14. The van der Waals surface area contributed by atoms with Gasteiger partial charge in [0.1, 0.15) is 11.9 Å². The molecule has 1 fully saturated rings. The van der Waals surface area contributed by atoms with Gasteiger partial charge in [0.05, 0.1) is 13.5 Å². The molecule has 4 rings (SSSR count). The van der Waals surface area contributed by atoms with Crippen LogP contribution in [0.25, 0.3) is 6.08 Å². The number of hydrogen-bond acceptors (Lipinski definition) is 8. The molecule has 0 aliphatic carbocycles. The molecule has 3 aliphatic heterocycles. The smallest absolute Gasteiger partial charge is 0.163 e. The zero-order chi connectivity index (χ0) is 24.8. The summed E-state index contributed by atoms with van der Waals surface area (Å²) in [5, 5.41) is 17.9. The molecule has 1 saturated heterocycles. The number of phenolic OH excluding ortho intramolecular Hbond substituents is 1. The molecule has 8 heteroatoms. The number of benzene rings is 1. The average molecular weight is 515 g/mol. The van der Waals surface area contributed by atoms with Gasteiger partial charge in [-0.2, -0.15) is 0 Å². The fourth-order valence-corrected chi connectivity index (χ4v) is 7.94. The number of aromatic hydroxyl groups is 1. The zero-order valence-electron chi connectivity index (χ0n) is 20.3. The van der Waals surface area contributed by atoms with Crippen molar-refractivity contribution in [2.75, 3.05) is 19.4 Å². The minimum Gasteiger partial charge on any atom is -0.504 e. The number of phenols is 1. The van der Waals surface area contributed by atoms with E-state index in [1.165, 1.54) is 18.8 Å². The third-order valence-corrected chi connectivity index (χ3v) is 9.80. The highest BCUT2D eigenvalue weighted by Gasteiger charge is 2.30. The van der Waals surface area contributed by atoms with E-state index < -0.39 is 0 Å². The van der Waals surface area contributed by atoms with Crippen LogP contribution in [0.2, 0.25) is 0 Å². The second-order valence-corrected chi connectivity index (χ2v) is 11.9. The highest BCUT2D eigenvalue weighted by atomic mass is 33.1. The van der Waals surface area contributed by atoms with Crippen molar-refractivity contribution in [1.29, 1.82) is 0 Å². The van der Waals surface area contributed by atoms with E-state index in [1.54, 1.807) is 18.2 Å². The monoisotopic (exact) mass is 514 g/mol. The van der Waals surface area contributed by atoms with Crippen molar-refractivity contribution in [1.82, 2.24) is 10.6 Å². The molecule has 0 aromatic heterocycles. The second kappa shape index (κ2) is 12.2. The minimum absolute atomic E-state index is 0.00232. The summed E-state index contributed by atoms with van der Waals surface area (Å²) in [6.07, 6.45) is 11.6. The van der Waals surface area contributed by atoms with Crippen LogP contribution in [0.4, 0.5) is 0 Å². The van der Waals surface area contributed by atoms with Crippen molar-refractivity contribution in [3.05, 3.63) is 52.8 Å². The summed E-state index contributed by atoms with van der Waals surface area (Å²) in [6, 6.07) is 3.44. The summed E-state index contributed by atoms with van der Waals surface area (Å²) in [7, 11) is 5.34. The number of fused-ring (bicyclic) bond motifs is 2. The number of Topliss-reactive ketones (excluding diaryl/α,β-unsaturated/α-hetero) is 1. The second-order valence-electron chi connectivity index (χ2n) is 9.30. The van der Waals surface area contributed by atoms with Crippen molar-refractivity contribution in [3.63, 3.8) is 0 Å². The molecule has 6 nitrogen and oxygen atoms in total. The average Bonchev–Trinajstić information content (AvgIpc) is 2.85. The van der Waals surface area contributed by atoms with E-state index in [2.05, 4.69) is 23.6 Å². The molecule has 1 aromatic rings. The summed E-state index contributed by atoms with van der Waals surface area (Å²) in [4.78, 5) is 25.0. The molecule has 1 unspecified atom stereocenters. The molecule has 1 aromatic carbocycles. The molecule has 3 aliphatic rings. The predicted molar refractivity (Wildman–Crippen MR) is 145 cm³/mol. The molecule has 3 heterocycles. The first-order chi connectivity index (χ1) is 17.0. The van der Waals surface area contributed by atoms with Gasteiger partial charge in [0, 0.05) is 23.6 Å². The Morgan fingerprint density at radius 1 is 1.17 bits per heavy atom. The van der Waals surface area contributed by atoms with Crippen molar-refractivity contribution < 1.29 is 19.4 Å². The van der Waals surface area contributed by atoms with Gasteiger partial charge in [0.15, 0.2) is 17.3 Å². The lowest BCUT2D eigenvalue weighted by molar-refractivity contribution is -0.124. The van der Waals surface area contributed by atoms with E-state index in [0.717, 1.165) is 48.3 Å². The molecule has 0 spiro atoms. The van der Waals surface area contributed by atoms with Crippen LogP contribution in [0.15, 0.2) is 41.6 Å². The molecule has 35 heavy (non-hydrogen) atoms. The number of ether oxygens (including phenoxy) is 1. The van der Waals surface area contributed by atoms with Crippen molar-refractivity contribution in [3.8, 4) is 11.5 Å². The van der Waals surface area contributed by atoms with Crippen molar-refractivity contribution in [2.45, 2.75) is 56.9 Å². The first-order valence-electron chi connectivity index (χ1n) is 12.3. The van der Waals surface area contributed by atoms with Crippen LogP contribution in [0.1, 0.15) is 50.2 Å². The van der Waals surface area contributed by atoms with Gasteiger partial charge in [0.25, 0.3) is 0 Å². The van der Waals surface area contributed by atoms with E-state index in [9.17, 15) is 14.7 Å². The van der Waals surface area contributed by atoms with E-state index in [1.807, 2.05) is 27.8 Å². The SMILES string of the molecule is CC[C@H]1CCC(=O)CC(=O)/C=C/c2cc(OC)c(O)cc2CC2=CNC3NCC[C@@H](SSC1)C3=C2. The Labute approximate surface area is 215 Å². The van der Waals surface area contributed by atoms with E-state index in [4.69, 9.17) is 4.74 Å². The number of ketones is 2. The topological polar surface area (TPSA) is 87.7 Å². The Morgan fingerprint density at radius 2 is 2.03 bits per heavy atom. The van der Waals surface area contributed by atoms with Gasteiger partial charge in [-0.15, -0.1) is 0 Å². The van der Waals surface area contributed by atoms with E-state index in [0.29, 0.717) is 29.8 Å². The molecule has 0 amide bonds. The number of rotatable bonds is 2. The van der Waals surface area contributed by atoms with E-state index >= 15 is 0 Å². The molecule has 0 radical (unpaired) electrons. The highest BCUT2D eigenvalue weighted by Crippen LogP contribution is 2.39. The Balaban J connectivity index is 1.66. The highest BCUT2D eigenvalue weighted by molar-refractivity contribution is 8.77. The minimum atomic E-state index is -0.202. The number of methoxy groups -OCH3 is 1. The quantitative estimate of drug-likeness (QED) is 0.384. The molecule has 3 N–H and O–H groups in total. The fourth-order valence-electron chi connectivity index (χ4n) is 4.64. The zero-order valence-corrected chi connectivity index (χ0v) is 22.0. The maximum Gasteiger partial charge on any atom is 0.163 e. The molecular formula is C27H34N2O4S2. The van der Waals surface area contributed by atoms with Gasteiger partial charge in [-0.3, -0.25) is 14.9 Å². The number of carbonyl (C=O) groups excluding carboxylic acids is 2. The number of allylic oxidation sites excluding steroid dienone is 3. The van der Waals surface area contributed by atoms with Gasteiger partial charge in [-0.1, -0.05) is 47.1 Å². The Bertz CT molecular complexity index is 1050. The van der Waals surface area contributed by atoms with Crippen molar-refractivity contribution >= 4 is 39.2 Å². The summed E-state index contributed by atoms with van der Waals surface area (Å²) in [5.74, 6) is 1.69. The van der Waals surface area contributed by atoms with Crippen LogP contribution in [0, 0.1) is 5.92 Å². The lowest BCUT2D eigenvalue weighted by Crippen LogP contribution is -2.50. The van der Waals surface area contributed by atoms with Crippen LogP contribution >= 0.6 is 21.6 Å². The van der Waals surface area contributed by atoms with Crippen LogP contribution in [0.3, 0.4) is 0 Å². The number of nitrogens with one attached hydrogen (secondary N) is 2. The number of carbonyl (C=O) groups is 2.